The molecular weight excluding hydrogens is 216 g/mol. The van der Waals surface area contributed by atoms with E-state index in [9.17, 15) is 0 Å². The van der Waals surface area contributed by atoms with E-state index < -0.39 is 0 Å². The van der Waals surface area contributed by atoms with Crippen LogP contribution in [0.1, 0.15) is 25.3 Å². The van der Waals surface area contributed by atoms with E-state index in [1.807, 2.05) is 12.1 Å². The molecule has 0 aliphatic carbocycles. The smallest absolute Gasteiger partial charge is 0.171 e. The van der Waals surface area contributed by atoms with Crippen molar-refractivity contribution in [2.75, 3.05) is 18.0 Å². The summed E-state index contributed by atoms with van der Waals surface area (Å²) in [6, 6.07) is 3.75. The number of aromatic nitrogens is 1. The number of pyridine rings is 1. The highest BCUT2D eigenvalue weighted by molar-refractivity contribution is 5.96. The van der Waals surface area contributed by atoms with Gasteiger partial charge in [0.1, 0.15) is 5.82 Å². The van der Waals surface area contributed by atoms with Crippen molar-refractivity contribution >= 4 is 11.7 Å². The summed E-state index contributed by atoms with van der Waals surface area (Å²) in [5.41, 5.74) is 6.13. The maximum absolute atomic E-state index is 8.56. The van der Waals surface area contributed by atoms with Gasteiger partial charge in [-0.1, -0.05) is 12.1 Å². The molecule has 1 aromatic rings. The monoisotopic (exact) mass is 234 g/mol. The molecule has 92 valence electrons. The third kappa shape index (κ3) is 2.67. The lowest BCUT2D eigenvalue weighted by atomic mass is 9.99. The first kappa shape index (κ1) is 11.7. The molecule has 0 unspecified atom stereocenters. The molecule has 0 spiro atoms. The summed E-state index contributed by atoms with van der Waals surface area (Å²) in [7, 11) is 0. The summed E-state index contributed by atoms with van der Waals surface area (Å²) < 4.78 is 0. The van der Waals surface area contributed by atoms with E-state index in [0.29, 0.717) is 5.56 Å². The van der Waals surface area contributed by atoms with Crippen LogP contribution < -0.4 is 10.6 Å². The van der Waals surface area contributed by atoms with Crippen molar-refractivity contribution in [2.45, 2.75) is 19.8 Å². The number of anilines is 1. The van der Waals surface area contributed by atoms with E-state index in [1.165, 1.54) is 12.8 Å². The Balaban J connectivity index is 2.08. The van der Waals surface area contributed by atoms with Crippen LogP contribution in [0, 0.1) is 5.92 Å². The van der Waals surface area contributed by atoms with Crippen LogP contribution in [-0.2, 0) is 0 Å². The number of amidine groups is 1. The van der Waals surface area contributed by atoms with Crippen molar-refractivity contribution in [3.8, 4) is 0 Å². The highest BCUT2D eigenvalue weighted by Crippen LogP contribution is 2.21. The normalized spacial score (nSPS) is 18.4. The lowest BCUT2D eigenvalue weighted by molar-refractivity contribution is 0.318. The second-order valence-electron chi connectivity index (χ2n) is 4.56. The molecule has 0 radical (unpaired) electrons. The summed E-state index contributed by atoms with van der Waals surface area (Å²) in [6.07, 6.45) is 4.07. The molecule has 0 aromatic carbocycles. The molecule has 0 amide bonds. The predicted octanol–water partition coefficient (Wildman–Crippen LogP) is 1.41. The van der Waals surface area contributed by atoms with Gasteiger partial charge in [-0.05, 0) is 30.9 Å². The van der Waals surface area contributed by atoms with Crippen LogP contribution in [0.15, 0.2) is 23.5 Å². The zero-order valence-electron chi connectivity index (χ0n) is 10.0. The van der Waals surface area contributed by atoms with Gasteiger partial charge in [-0.15, -0.1) is 0 Å². The van der Waals surface area contributed by atoms with Gasteiger partial charge >= 0.3 is 0 Å². The van der Waals surface area contributed by atoms with Crippen LogP contribution in [0.2, 0.25) is 0 Å². The maximum atomic E-state index is 8.56. The van der Waals surface area contributed by atoms with Crippen molar-refractivity contribution in [2.24, 2.45) is 16.8 Å². The first-order valence-electron chi connectivity index (χ1n) is 5.89. The largest absolute Gasteiger partial charge is 0.409 e. The molecule has 1 aliphatic heterocycles. The van der Waals surface area contributed by atoms with Gasteiger partial charge < -0.3 is 15.8 Å². The summed E-state index contributed by atoms with van der Waals surface area (Å²) in [5.74, 6) is 1.87. The second kappa shape index (κ2) is 5.03. The highest BCUT2D eigenvalue weighted by atomic mass is 16.4. The third-order valence-electron chi connectivity index (χ3n) is 3.26. The van der Waals surface area contributed by atoms with E-state index >= 15 is 0 Å². The van der Waals surface area contributed by atoms with Gasteiger partial charge in [-0.25, -0.2) is 4.98 Å². The molecule has 0 saturated carbocycles. The van der Waals surface area contributed by atoms with Crippen LogP contribution in [0.5, 0.6) is 0 Å². The topological polar surface area (TPSA) is 74.7 Å². The Hall–Kier alpha value is -1.78. The molecule has 2 rings (SSSR count). The van der Waals surface area contributed by atoms with Crippen molar-refractivity contribution in [3.63, 3.8) is 0 Å². The van der Waals surface area contributed by atoms with E-state index in [4.69, 9.17) is 10.9 Å². The Morgan fingerprint density at radius 2 is 2.18 bits per heavy atom. The van der Waals surface area contributed by atoms with Crippen LogP contribution in [0.25, 0.3) is 0 Å². The Morgan fingerprint density at radius 1 is 1.47 bits per heavy atom. The van der Waals surface area contributed by atoms with Gasteiger partial charge in [0.15, 0.2) is 5.84 Å². The van der Waals surface area contributed by atoms with E-state index in [-0.39, 0.29) is 5.84 Å². The van der Waals surface area contributed by atoms with Crippen LogP contribution in [0.3, 0.4) is 0 Å². The number of rotatable bonds is 2. The van der Waals surface area contributed by atoms with Crippen molar-refractivity contribution < 1.29 is 5.21 Å². The summed E-state index contributed by atoms with van der Waals surface area (Å²) >= 11 is 0. The molecule has 3 N–H and O–H groups in total. The first-order chi connectivity index (χ1) is 8.20. The van der Waals surface area contributed by atoms with Crippen LogP contribution >= 0.6 is 0 Å². The predicted molar refractivity (Wildman–Crippen MR) is 67.4 cm³/mol. The highest BCUT2D eigenvalue weighted by Gasteiger charge is 2.16. The van der Waals surface area contributed by atoms with Gasteiger partial charge in [-0.3, -0.25) is 0 Å². The molecule has 0 atom stereocenters. The zero-order valence-corrected chi connectivity index (χ0v) is 10.0. The minimum atomic E-state index is 0.0938. The fourth-order valence-corrected chi connectivity index (χ4v) is 2.02. The molecule has 5 nitrogen and oxygen atoms in total. The Bertz CT molecular complexity index is 393. The number of oxime groups is 1. The Labute approximate surface area is 101 Å². The van der Waals surface area contributed by atoms with Gasteiger partial charge in [0.25, 0.3) is 0 Å². The molecule has 1 aromatic heterocycles. The molecule has 2 heterocycles. The minimum Gasteiger partial charge on any atom is -0.409 e. The maximum Gasteiger partial charge on any atom is 0.171 e. The molecule has 0 bridgehead atoms. The fourth-order valence-electron chi connectivity index (χ4n) is 2.02. The Kier molecular flexibility index (Phi) is 3.46. The van der Waals surface area contributed by atoms with E-state index in [0.717, 1.165) is 24.8 Å². The van der Waals surface area contributed by atoms with Gasteiger partial charge in [0.05, 0.1) is 0 Å². The van der Waals surface area contributed by atoms with Crippen molar-refractivity contribution in [3.05, 3.63) is 23.9 Å². The standard InChI is InChI=1S/C12H18N4O/c1-9-4-6-16(7-5-9)11-3-2-10(8-14-11)12(13)15-17/h2-3,8-9,17H,4-7H2,1H3,(H2,13,15). The summed E-state index contributed by atoms with van der Waals surface area (Å²) in [6.45, 7) is 4.39. The summed E-state index contributed by atoms with van der Waals surface area (Å²) in [4.78, 5) is 6.62. The van der Waals surface area contributed by atoms with Gasteiger partial charge in [0, 0.05) is 24.8 Å². The molecule has 1 fully saturated rings. The fraction of sp³-hybridized carbons (Fsp3) is 0.500. The average Bonchev–Trinajstić information content (AvgIpc) is 2.39. The number of nitrogens with two attached hydrogens (primary N) is 1. The van der Waals surface area contributed by atoms with Crippen LogP contribution in [-0.4, -0.2) is 29.1 Å². The lowest BCUT2D eigenvalue weighted by Crippen LogP contribution is -2.33. The van der Waals surface area contributed by atoms with Gasteiger partial charge in [-0.2, -0.15) is 0 Å². The summed E-state index contributed by atoms with van der Waals surface area (Å²) in [5, 5.41) is 11.5. The molecule has 17 heavy (non-hydrogen) atoms. The third-order valence-corrected chi connectivity index (χ3v) is 3.26. The van der Waals surface area contributed by atoms with Gasteiger partial charge in [0.2, 0.25) is 0 Å². The second-order valence-corrected chi connectivity index (χ2v) is 4.56. The SMILES string of the molecule is CC1CCN(c2ccc(/C(N)=N\O)cn2)CC1. The minimum absolute atomic E-state index is 0.0938. The van der Waals surface area contributed by atoms with E-state index in [2.05, 4.69) is 22.0 Å². The molecule has 1 aliphatic rings. The van der Waals surface area contributed by atoms with Crippen molar-refractivity contribution in [1.82, 2.24) is 4.98 Å². The molecular formula is C12H18N4O. The quantitative estimate of drug-likeness (QED) is 0.351. The zero-order chi connectivity index (χ0) is 12.3. The number of nitrogens with zero attached hydrogens (tertiary/aromatic N) is 3. The van der Waals surface area contributed by atoms with Crippen LogP contribution in [0.4, 0.5) is 5.82 Å². The number of hydrogen-bond donors (Lipinski definition) is 2. The number of hydrogen-bond acceptors (Lipinski definition) is 4. The number of piperidine rings is 1. The first-order valence-corrected chi connectivity index (χ1v) is 5.89. The molecule has 5 heteroatoms. The van der Waals surface area contributed by atoms with E-state index in [1.54, 1.807) is 6.20 Å². The average molecular weight is 234 g/mol. The van der Waals surface area contributed by atoms with Crippen molar-refractivity contribution in [1.29, 1.82) is 0 Å². The Morgan fingerprint density at radius 3 is 2.71 bits per heavy atom. The molecule has 1 saturated heterocycles. The lowest BCUT2D eigenvalue weighted by Gasteiger charge is -2.31.